The third kappa shape index (κ3) is 7.79. The first-order valence-corrected chi connectivity index (χ1v) is 13.8. The Morgan fingerprint density at radius 2 is 1.76 bits per heavy atom. The molecule has 3 aromatic carbocycles. The van der Waals surface area contributed by atoms with Gasteiger partial charge in [-0.1, -0.05) is 42.5 Å². The quantitative estimate of drug-likeness (QED) is 0.301. The molecule has 0 radical (unpaired) electrons. The van der Waals surface area contributed by atoms with Crippen LogP contribution in [0, 0.1) is 0 Å². The van der Waals surface area contributed by atoms with E-state index in [9.17, 15) is 14.7 Å². The summed E-state index contributed by atoms with van der Waals surface area (Å²) in [4.78, 5) is 24.4. The van der Waals surface area contributed by atoms with Crippen LogP contribution in [0.25, 0.3) is 11.1 Å². The summed E-state index contributed by atoms with van der Waals surface area (Å²) in [6, 6.07) is 17.3. The first kappa shape index (κ1) is 29.9. The minimum absolute atomic E-state index is 0.0737. The van der Waals surface area contributed by atoms with Gasteiger partial charge in [-0.3, -0.25) is 4.79 Å². The van der Waals surface area contributed by atoms with Crippen LogP contribution in [0.2, 0.25) is 0 Å². The molecule has 1 aliphatic rings. The second-order valence-electron chi connectivity index (χ2n) is 11.6. The third-order valence-electron chi connectivity index (χ3n) is 6.56. The molecule has 0 atom stereocenters. The van der Waals surface area contributed by atoms with Crippen molar-refractivity contribution in [2.75, 3.05) is 6.61 Å². The van der Waals surface area contributed by atoms with Gasteiger partial charge in [-0.05, 0) is 75.9 Å². The Hall–Kier alpha value is -4.04. The summed E-state index contributed by atoms with van der Waals surface area (Å²) in [7, 11) is 0. The number of fused-ring (bicyclic) bond motifs is 3. The molecule has 1 heterocycles. The van der Waals surface area contributed by atoms with Crippen LogP contribution in [0.15, 0.2) is 54.6 Å². The van der Waals surface area contributed by atoms with Crippen molar-refractivity contribution in [1.82, 2.24) is 5.32 Å². The van der Waals surface area contributed by atoms with Crippen molar-refractivity contribution in [2.24, 2.45) is 0 Å². The molecule has 8 nitrogen and oxygen atoms in total. The number of alkyl carbamates (subject to hydrolysis) is 1. The lowest BCUT2D eigenvalue weighted by Gasteiger charge is -2.25. The standard InChI is InChI=1S/C33H39NO7/c1-7-38-29(35)16-22-13-14-25(33(5,6)37)17-28(22)39-19-21-11-12-24-20-40-30-23(9-8-10-26(30)27(24)15-21)18-34-31(36)41-32(2,3)4/h8-15,17,37H,7,16,18-20H2,1-6H3,(H,34,36). The monoisotopic (exact) mass is 561 g/mol. The fourth-order valence-corrected chi connectivity index (χ4v) is 4.57. The first-order valence-electron chi connectivity index (χ1n) is 13.8. The number of ether oxygens (including phenoxy) is 4. The second kappa shape index (κ2) is 12.2. The number of benzene rings is 3. The van der Waals surface area contributed by atoms with Crippen LogP contribution in [0.5, 0.6) is 11.5 Å². The Morgan fingerprint density at radius 3 is 2.46 bits per heavy atom. The zero-order valence-corrected chi connectivity index (χ0v) is 24.6. The fraction of sp³-hybridized carbons (Fsp3) is 0.394. The molecule has 0 bridgehead atoms. The molecule has 0 saturated carbocycles. The highest BCUT2D eigenvalue weighted by atomic mass is 16.6. The molecule has 2 N–H and O–H groups in total. The van der Waals surface area contributed by atoms with E-state index >= 15 is 0 Å². The van der Waals surface area contributed by atoms with Crippen LogP contribution < -0.4 is 14.8 Å². The fourth-order valence-electron chi connectivity index (χ4n) is 4.57. The van der Waals surface area contributed by atoms with Gasteiger partial charge >= 0.3 is 12.1 Å². The van der Waals surface area contributed by atoms with Gasteiger partial charge in [-0.2, -0.15) is 0 Å². The molecule has 0 aliphatic carbocycles. The Labute approximate surface area is 241 Å². The van der Waals surface area contributed by atoms with Gasteiger partial charge in [0.1, 0.15) is 30.3 Å². The average molecular weight is 562 g/mol. The number of carbonyl (C=O) groups is 2. The van der Waals surface area contributed by atoms with Gasteiger partial charge in [0.2, 0.25) is 0 Å². The largest absolute Gasteiger partial charge is 0.489 e. The zero-order chi connectivity index (χ0) is 29.8. The highest BCUT2D eigenvalue weighted by Crippen LogP contribution is 2.40. The molecule has 0 unspecified atom stereocenters. The van der Waals surface area contributed by atoms with Gasteiger partial charge in [0.15, 0.2) is 0 Å². The third-order valence-corrected chi connectivity index (χ3v) is 6.56. The van der Waals surface area contributed by atoms with Gasteiger partial charge < -0.3 is 29.4 Å². The summed E-state index contributed by atoms with van der Waals surface area (Å²) in [5.74, 6) is 0.911. The molecule has 0 fully saturated rings. The molecule has 1 aliphatic heterocycles. The summed E-state index contributed by atoms with van der Waals surface area (Å²) in [6.07, 6.45) is -0.411. The smallest absolute Gasteiger partial charge is 0.407 e. The lowest BCUT2D eigenvalue weighted by Crippen LogP contribution is -2.32. The molecular formula is C33H39NO7. The lowest BCUT2D eigenvalue weighted by atomic mass is 9.93. The van der Waals surface area contributed by atoms with Crippen molar-refractivity contribution in [3.8, 4) is 22.6 Å². The zero-order valence-electron chi connectivity index (χ0n) is 24.6. The second-order valence-corrected chi connectivity index (χ2v) is 11.6. The van der Waals surface area contributed by atoms with Gasteiger partial charge in [0.05, 0.1) is 18.6 Å². The maximum absolute atomic E-state index is 12.2. The van der Waals surface area contributed by atoms with E-state index in [1.54, 1.807) is 39.0 Å². The van der Waals surface area contributed by atoms with Crippen molar-refractivity contribution in [3.05, 3.63) is 82.4 Å². The van der Waals surface area contributed by atoms with E-state index in [0.717, 1.165) is 33.6 Å². The Kier molecular flexibility index (Phi) is 8.92. The lowest BCUT2D eigenvalue weighted by molar-refractivity contribution is -0.142. The van der Waals surface area contributed by atoms with Gasteiger partial charge in [0.25, 0.3) is 0 Å². The molecule has 3 aromatic rings. The summed E-state index contributed by atoms with van der Waals surface area (Å²) in [6.45, 7) is 11.9. The van der Waals surface area contributed by atoms with Crippen molar-refractivity contribution in [1.29, 1.82) is 0 Å². The number of amides is 1. The average Bonchev–Trinajstić information content (AvgIpc) is 2.89. The molecule has 4 rings (SSSR count). The first-order chi connectivity index (χ1) is 19.3. The Balaban J connectivity index is 1.55. The SMILES string of the molecule is CCOC(=O)Cc1ccc(C(C)(C)O)cc1OCc1ccc2c(c1)-c1cccc(CNC(=O)OC(C)(C)C)c1OC2. The van der Waals surface area contributed by atoms with Crippen LogP contribution in [-0.4, -0.2) is 29.4 Å². The highest BCUT2D eigenvalue weighted by molar-refractivity contribution is 5.77. The summed E-state index contributed by atoms with van der Waals surface area (Å²) in [5.41, 5.74) is 4.53. The maximum atomic E-state index is 12.2. The number of aliphatic hydroxyl groups is 1. The molecule has 1 amide bonds. The van der Waals surface area contributed by atoms with Crippen molar-refractivity contribution in [3.63, 3.8) is 0 Å². The number of hydrogen-bond donors (Lipinski definition) is 2. The van der Waals surface area contributed by atoms with Gasteiger partial charge in [-0.15, -0.1) is 0 Å². The van der Waals surface area contributed by atoms with E-state index in [4.69, 9.17) is 18.9 Å². The molecular weight excluding hydrogens is 522 g/mol. The number of rotatable bonds is 9. The van der Waals surface area contributed by atoms with Gasteiger partial charge in [-0.25, -0.2) is 4.79 Å². The number of nitrogens with one attached hydrogen (secondary N) is 1. The predicted molar refractivity (Wildman–Crippen MR) is 156 cm³/mol. The number of esters is 1. The van der Waals surface area contributed by atoms with E-state index < -0.39 is 17.3 Å². The number of hydrogen-bond acceptors (Lipinski definition) is 7. The number of para-hydroxylation sites is 1. The molecule has 218 valence electrons. The van der Waals surface area contributed by atoms with E-state index in [1.165, 1.54) is 0 Å². The van der Waals surface area contributed by atoms with E-state index in [2.05, 4.69) is 11.4 Å². The maximum Gasteiger partial charge on any atom is 0.407 e. The van der Waals surface area contributed by atoms with Crippen LogP contribution in [0.1, 0.15) is 69.4 Å². The van der Waals surface area contributed by atoms with Crippen molar-refractivity contribution >= 4 is 12.1 Å². The van der Waals surface area contributed by atoms with Crippen LogP contribution in [0.4, 0.5) is 4.79 Å². The molecule has 0 saturated heterocycles. The highest BCUT2D eigenvalue weighted by Gasteiger charge is 2.23. The predicted octanol–water partition coefficient (Wildman–Crippen LogP) is 6.18. The normalized spacial score (nSPS) is 12.5. The topological polar surface area (TPSA) is 103 Å². The Bertz CT molecular complexity index is 1420. The van der Waals surface area contributed by atoms with Crippen LogP contribution >= 0.6 is 0 Å². The van der Waals surface area contributed by atoms with Gasteiger partial charge in [0, 0.05) is 23.2 Å². The minimum Gasteiger partial charge on any atom is -0.489 e. The Morgan fingerprint density at radius 1 is 0.976 bits per heavy atom. The summed E-state index contributed by atoms with van der Waals surface area (Å²) < 4.78 is 22.8. The molecule has 8 heteroatoms. The van der Waals surface area contributed by atoms with E-state index in [1.807, 2.05) is 51.1 Å². The molecule has 0 aromatic heterocycles. The number of carbonyl (C=O) groups excluding carboxylic acids is 2. The molecule has 41 heavy (non-hydrogen) atoms. The minimum atomic E-state index is -1.06. The summed E-state index contributed by atoms with van der Waals surface area (Å²) >= 11 is 0. The van der Waals surface area contributed by atoms with E-state index in [0.29, 0.717) is 30.1 Å². The van der Waals surface area contributed by atoms with Crippen molar-refractivity contribution in [2.45, 2.75) is 78.9 Å². The molecule has 0 spiro atoms. The summed E-state index contributed by atoms with van der Waals surface area (Å²) in [5, 5.41) is 13.3. The van der Waals surface area contributed by atoms with E-state index in [-0.39, 0.29) is 25.5 Å². The van der Waals surface area contributed by atoms with Crippen LogP contribution in [-0.2, 0) is 46.0 Å². The van der Waals surface area contributed by atoms with Crippen LogP contribution in [0.3, 0.4) is 0 Å². The van der Waals surface area contributed by atoms with Crippen molar-refractivity contribution < 1.29 is 33.6 Å².